The average Bonchev–Trinajstić information content (AvgIpc) is 2.49. The highest BCUT2D eigenvalue weighted by atomic mass is 16.5. The fraction of sp³-hybridized carbons (Fsp3) is 0.895. The maximum atomic E-state index is 5.75. The summed E-state index contributed by atoms with van der Waals surface area (Å²) in [6.45, 7) is 14.7. The topological polar surface area (TPSA) is 9.23 Å². The van der Waals surface area contributed by atoms with Crippen molar-refractivity contribution in [3.05, 3.63) is 12.7 Å². The van der Waals surface area contributed by atoms with Crippen LogP contribution in [0.4, 0.5) is 0 Å². The van der Waals surface area contributed by atoms with E-state index >= 15 is 0 Å². The predicted molar refractivity (Wildman–Crippen MR) is 91.2 cm³/mol. The van der Waals surface area contributed by atoms with Gasteiger partial charge >= 0.3 is 0 Å². The molecule has 0 aromatic rings. The van der Waals surface area contributed by atoms with Gasteiger partial charge in [0, 0.05) is 12.0 Å². The standard InChI is InChI=1S/C19H38O/c1-6-11-12-13-14-15-16-18(7-2)19(8-3,9-4)17-20-10-5/h8,18H,3,6-7,9-17H2,1-2,4-5H3. The van der Waals surface area contributed by atoms with Crippen LogP contribution in [0.25, 0.3) is 0 Å². The second-order valence-corrected chi connectivity index (χ2v) is 6.09. The summed E-state index contributed by atoms with van der Waals surface area (Å²) in [5.41, 5.74) is 0.189. The minimum Gasteiger partial charge on any atom is -0.381 e. The molecule has 2 atom stereocenters. The van der Waals surface area contributed by atoms with Gasteiger partial charge in [0.05, 0.1) is 6.61 Å². The Labute approximate surface area is 128 Å². The summed E-state index contributed by atoms with van der Waals surface area (Å²) in [7, 11) is 0. The predicted octanol–water partition coefficient (Wildman–Crippen LogP) is 6.38. The van der Waals surface area contributed by atoms with Crippen molar-refractivity contribution in [1.29, 1.82) is 0 Å². The van der Waals surface area contributed by atoms with E-state index in [1.807, 2.05) is 0 Å². The molecule has 0 amide bonds. The first-order valence-electron chi connectivity index (χ1n) is 8.91. The Hall–Kier alpha value is -0.300. The molecule has 0 N–H and O–H groups in total. The molecule has 0 aliphatic heterocycles. The zero-order valence-electron chi connectivity index (χ0n) is 14.5. The van der Waals surface area contributed by atoms with Crippen LogP contribution in [0.3, 0.4) is 0 Å². The number of hydrogen-bond donors (Lipinski definition) is 0. The van der Waals surface area contributed by atoms with Gasteiger partial charge in [0.15, 0.2) is 0 Å². The SMILES string of the molecule is C=CC(CC)(COCC)C(CC)CCCCCCCC. The Bertz CT molecular complexity index is 224. The highest BCUT2D eigenvalue weighted by Gasteiger charge is 2.33. The lowest BCUT2D eigenvalue weighted by atomic mass is 9.70. The number of rotatable bonds is 14. The molecule has 0 aromatic heterocycles. The summed E-state index contributed by atoms with van der Waals surface area (Å²) >= 11 is 0. The molecule has 0 heterocycles. The second kappa shape index (κ2) is 12.4. The molecular weight excluding hydrogens is 244 g/mol. The minimum atomic E-state index is 0.189. The summed E-state index contributed by atoms with van der Waals surface area (Å²) in [5.74, 6) is 0.725. The lowest BCUT2D eigenvalue weighted by Crippen LogP contribution is -2.33. The van der Waals surface area contributed by atoms with E-state index in [1.54, 1.807) is 0 Å². The van der Waals surface area contributed by atoms with E-state index in [9.17, 15) is 0 Å². The van der Waals surface area contributed by atoms with Crippen molar-refractivity contribution in [1.82, 2.24) is 0 Å². The fourth-order valence-electron chi connectivity index (χ4n) is 3.24. The quantitative estimate of drug-likeness (QED) is 0.265. The maximum Gasteiger partial charge on any atom is 0.0559 e. The Kier molecular flexibility index (Phi) is 12.3. The molecule has 0 aliphatic rings. The van der Waals surface area contributed by atoms with Crippen LogP contribution in [-0.2, 0) is 4.74 Å². The van der Waals surface area contributed by atoms with Crippen LogP contribution in [0.2, 0.25) is 0 Å². The highest BCUT2D eigenvalue weighted by molar-refractivity contribution is 4.98. The Morgan fingerprint density at radius 1 is 1.00 bits per heavy atom. The van der Waals surface area contributed by atoms with Gasteiger partial charge in [-0.25, -0.2) is 0 Å². The van der Waals surface area contributed by atoms with Gasteiger partial charge in [0.2, 0.25) is 0 Å². The molecule has 20 heavy (non-hydrogen) atoms. The van der Waals surface area contributed by atoms with E-state index in [-0.39, 0.29) is 5.41 Å². The van der Waals surface area contributed by atoms with Gasteiger partial charge in [0.1, 0.15) is 0 Å². The van der Waals surface area contributed by atoms with E-state index in [0.29, 0.717) is 0 Å². The fourth-order valence-corrected chi connectivity index (χ4v) is 3.24. The molecule has 0 rings (SSSR count). The van der Waals surface area contributed by atoms with Crippen LogP contribution in [0.15, 0.2) is 12.7 Å². The lowest BCUT2D eigenvalue weighted by molar-refractivity contribution is 0.0343. The molecule has 1 nitrogen and oxygen atoms in total. The zero-order valence-corrected chi connectivity index (χ0v) is 14.5. The average molecular weight is 283 g/mol. The third-order valence-corrected chi connectivity index (χ3v) is 4.85. The molecule has 0 spiro atoms. The summed E-state index contributed by atoms with van der Waals surface area (Å²) in [4.78, 5) is 0. The smallest absolute Gasteiger partial charge is 0.0559 e. The Morgan fingerprint density at radius 2 is 1.65 bits per heavy atom. The van der Waals surface area contributed by atoms with Crippen molar-refractivity contribution in [2.24, 2.45) is 11.3 Å². The van der Waals surface area contributed by atoms with E-state index in [0.717, 1.165) is 25.6 Å². The van der Waals surface area contributed by atoms with Crippen LogP contribution < -0.4 is 0 Å². The summed E-state index contributed by atoms with van der Waals surface area (Å²) in [5, 5.41) is 0. The van der Waals surface area contributed by atoms with E-state index < -0.39 is 0 Å². The Morgan fingerprint density at radius 3 is 2.15 bits per heavy atom. The Balaban J connectivity index is 4.26. The van der Waals surface area contributed by atoms with Crippen LogP contribution in [0.5, 0.6) is 0 Å². The first-order valence-corrected chi connectivity index (χ1v) is 8.91. The summed E-state index contributed by atoms with van der Waals surface area (Å²) < 4.78 is 5.75. The van der Waals surface area contributed by atoms with Crippen LogP contribution in [-0.4, -0.2) is 13.2 Å². The van der Waals surface area contributed by atoms with Gasteiger partial charge in [-0.1, -0.05) is 71.8 Å². The van der Waals surface area contributed by atoms with Gasteiger partial charge in [0.25, 0.3) is 0 Å². The molecule has 0 aromatic carbocycles. The molecule has 1 heteroatoms. The minimum absolute atomic E-state index is 0.189. The number of hydrogen-bond acceptors (Lipinski definition) is 1. The van der Waals surface area contributed by atoms with Crippen molar-refractivity contribution in [2.75, 3.05) is 13.2 Å². The van der Waals surface area contributed by atoms with Crippen LogP contribution >= 0.6 is 0 Å². The van der Waals surface area contributed by atoms with E-state index in [4.69, 9.17) is 4.74 Å². The van der Waals surface area contributed by atoms with Gasteiger partial charge in [-0.15, -0.1) is 6.58 Å². The first-order chi connectivity index (χ1) is 9.70. The van der Waals surface area contributed by atoms with Crippen molar-refractivity contribution in [3.8, 4) is 0 Å². The largest absolute Gasteiger partial charge is 0.381 e. The van der Waals surface area contributed by atoms with Gasteiger partial charge in [-0.3, -0.25) is 0 Å². The van der Waals surface area contributed by atoms with Crippen molar-refractivity contribution in [2.45, 2.75) is 85.5 Å². The maximum absolute atomic E-state index is 5.75. The molecule has 0 aliphatic carbocycles. The van der Waals surface area contributed by atoms with Crippen LogP contribution in [0, 0.1) is 11.3 Å². The van der Waals surface area contributed by atoms with Crippen molar-refractivity contribution in [3.63, 3.8) is 0 Å². The molecule has 0 bridgehead atoms. The molecule has 2 unspecified atom stereocenters. The van der Waals surface area contributed by atoms with E-state index in [2.05, 4.69) is 40.3 Å². The molecule has 120 valence electrons. The third-order valence-electron chi connectivity index (χ3n) is 4.85. The van der Waals surface area contributed by atoms with Crippen molar-refractivity contribution < 1.29 is 4.74 Å². The molecule has 0 saturated heterocycles. The van der Waals surface area contributed by atoms with Gasteiger partial charge in [-0.05, 0) is 25.7 Å². The van der Waals surface area contributed by atoms with Crippen LogP contribution in [0.1, 0.15) is 85.5 Å². The van der Waals surface area contributed by atoms with Gasteiger partial charge in [-0.2, -0.15) is 0 Å². The van der Waals surface area contributed by atoms with Gasteiger partial charge < -0.3 is 4.74 Å². The normalized spacial score (nSPS) is 15.8. The highest BCUT2D eigenvalue weighted by Crippen LogP contribution is 2.39. The van der Waals surface area contributed by atoms with Crippen molar-refractivity contribution >= 4 is 0 Å². The molecule has 0 fully saturated rings. The summed E-state index contributed by atoms with van der Waals surface area (Å²) in [6, 6.07) is 0. The monoisotopic (exact) mass is 282 g/mol. The number of unbranched alkanes of at least 4 members (excludes halogenated alkanes) is 5. The molecular formula is C19H38O. The first kappa shape index (κ1) is 19.7. The zero-order chi connectivity index (χ0) is 15.3. The number of ether oxygens (including phenoxy) is 1. The summed E-state index contributed by atoms with van der Waals surface area (Å²) in [6.07, 6.45) is 14.2. The van der Waals surface area contributed by atoms with E-state index in [1.165, 1.54) is 51.4 Å². The third kappa shape index (κ3) is 6.92. The second-order valence-electron chi connectivity index (χ2n) is 6.09. The molecule has 0 radical (unpaired) electrons. The molecule has 0 saturated carbocycles. The lowest BCUT2D eigenvalue weighted by Gasteiger charge is -2.37.